The van der Waals surface area contributed by atoms with Gasteiger partial charge in [-0.1, -0.05) is 31.2 Å². The van der Waals surface area contributed by atoms with Crippen molar-refractivity contribution >= 4 is 5.97 Å². The van der Waals surface area contributed by atoms with Crippen LogP contribution in [-0.4, -0.2) is 29.1 Å². The van der Waals surface area contributed by atoms with Crippen LogP contribution in [0.25, 0.3) is 0 Å². The predicted molar refractivity (Wildman–Crippen MR) is 88.7 cm³/mol. The summed E-state index contributed by atoms with van der Waals surface area (Å²) in [7, 11) is 1.92. The van der Waals surface area contributed by atoms with Gasteiger partial charge in [0.1, 0.15) is 17.4 Å². The molecule has 0 aliphatic heterocycles. The summed E-state index contributed by atoms with van der Waals surface area (Å²) in [5.74, 6) is -0.559. The Morgan fingerprint density at radius 2 is 2.23 bits per heavy atom. The summed E-state index contributed by atoms with van der Waals surface area (Å²) < 4.78 is 5.35. The summed E-state index contributed by atoms with van der Waals surface area (Å²) in [4.78, 5) is 14.3. The van der Waals surface area contributed by atoms with Crippen LogP contribution in [-0.2, 0) is 11.3 Å². The van der Waals surface area contributed by atoms with E-state index in [4.69, 9.17) is 4.74 Å². The Labute approximate surface area is 132 Å². The fourth-order valence-electron chi connectivity index (χ4n) is 2.09. The van der Waals surface area contributed by atoms with E-state index < -0.39 is 5.97 Å². The Bertz CT molecular complexity index is 537. The topological polar surface area (TPSA) is 49.8 Å². The third-order valence-electron chi connectivity index (χ3n) is 3.16. The van der Waals surface area contributed by atoms with Gasteiger partial charge in [0, 0.05) is 20.0 Å². The molecule has 120 valence electrons. The molecule has 0 heterocycles. The molecule has 1 unspecified atom stereocenters. The van der Waals surface area contributed by atoms with Crippen molar-refractivity contribution in [1.82, 2.24) is 4.90 Å². The fraction of sp³-hybridized carbons (Fsp3) is 0.389. The normalized spacial score (nSPS) is 12.1. The highest BCUT2D eigenvalue weighted by atomic mass is 16.5. The first-order valence-corrected chi connectivity index (χ1v) is 7.49. The molecule has 0 amide bonds. The van der Waals surface area contributed by atoms with E-state index in [0.29, 0.717) is 13.0 Å². The molecule has 4 nitrogen and oxygen atoms in total. The van der Waals surface area contributed by atoms with Crippen LogP contribution < -0.4 is 0 Å². The predicted octanol–water partition coefficient (Wildman–Crippen LogP) is 3.87. The van der Waals surface area contributed by atoms with E-state index in [1.807, 2.05) is 30.3 Å². The number of ether oxygens (including phenoxy) is 1. The molecule has 0 spiro atoms. The smallest absolute Gasteiger partial charge is 0.342 e. The third-order valence-corrected chi connectivity index (χ3v) is 3.16. The molecule has 1 N–H and O–H groups in total. The largest absolute Gasteiger partial charge is 0.507 e. The van der Waals surface area contributed by atoms with Gasteiger partial charge in [0.05, 0.1) is 0 Å². The molecule has 0 fully saturated rings. The quantitative estimate of drug-likeness (QED) is 0.585. The van der Waals surface area contributed by atoms with Crippen LogP contribution in [0.3, 0.4) is 0 Å². The highest BCUT2D eigenvalue weighted by molar-refractivity contribution is 5.94. The maximum absolute atomic E-state index is 12.3. The van der Waals surface area contributed by atoms with Gasteiger partial charge in [0.15, 0.2) is 0 Å². The highest BCUT2D eigenvalue weighted by Crippen LogP contribution is 2.24. The molecule has 0 bridgehead atoms. The Kier molecular flexibility index (Phi) is 7.23. The van der Waals surface area contributed by atoms with Crippen LogP contribution >= 0.6 is 0 Å². The van der Waals surface area contributed by atoms with Crippen molar-refractivity contribution in [2.45, 2.75) is 39.3 Å². The van der Waals surface area contributed by atoms with Crippen LogP contribution in [0.1, 0.15) is 42.6 Å². The lowest BCUT2D eigenvalue weighted by Gasteiger charge is -2.18. The van der Waals surface area contributed by atoms with Gasteiger partial charge in [-0.15, -0.1) is 6.58 Å². The van der Waals surface area contributed by atoms with Gasteiger partial charge in [-0.3, -0.25) is 0 Å². The first kappa shape index (κ1) is 17.8. The fourth-order valence-corrected chi connectivity index (χ4v) is 2.09. The van der Waals surface area contributed by atoms with Crippen molar-refractivity contribution in [3.63, 3.8) is 0 Å². The van der Waals surface area contributed by atoms with E-state index in [0.717, 1.165) is 12.0 Å². The van der Waals surface area contributed by atoms with Crippen molar-refractivity contribution < 1.29 is 14.6 Å². The molecule has 1 atom stereocenters. The zero-order valence-electron chi connectivity index (χ0n) is 13.6. The second kappa shape index (κ2) is 8.93. The number of hydrogen-bond acceptors (Lipinski definition) is 4. The van der Waals surface area contributed by atoms with Gasteiger partial charge in [-0.25, -0.2) is 4.79 Å². The molecule has 22 heavy (non-hydrogen) atoms. The van der Waals surface area contributed by atoms with Gasteiger partial charge in [0.25, 0.3) is 0 Å². The van der Waals surface area contributed by atoms with E-state index in [1.54, 1.807) is 19.1 Å². The van der Waals surface area contributed by atoms with Gasteiger partial charge in [-0.05, 0) is 31.2 Å². The number of hydrogen-bond donors (Lipinski definition) is 1. The molecule has 0 saturated carbocycles. The molecule has 1 rings (SSSR count). The molecule has 0 radical (unpaired) electrons. The molecule has 0 saturated heterocycles. The molecule has 0 aliphatic rings. The molecular weight excluding hydrogens is 278 g/mol. The molecular formula is C18H25NO3. The Morgan fingerprint density at radius 1 is 1.50 bits per heavy atom. The summed E-state index contributed by atoms with van der Waals surface area (Å²) in [5.41, 5.74) is 0.967. The zero-order chi connectivity index (χ0) is 16.5. The monoisotopic (exact) mass is 303 g/mol. The molecule has 1 aromatic rings. The maximum Gasteiger partial charge on any atom is 0.342 e. The Hall–Kier alpha value is -2.23. The maximum atomic E-state index is 12.3. The summed E-state index contributed by atoms with van der Waals surface area (Å²) in [6, 6.07) is 5.05. The SMILES string of the molecule is C=CCC(C)OC(=O)c1c(O)cccc1CN(C)/C=C/CC. The van der Waals surface area contributed by atoms with Gasteiger partial charge in [0.2, 0.25) is 0 Å². The Morgan fingerprint density at radius 3 is 2.86 bits per heavy atom. The van der Waals surface area contributed by atoms with E-state index in [2.05, 4.69) is 13.5 Å². The number of allylic oxidation sites excluding steroid dienone is 1. The van der Waals surface area contributed by atoms with Crippen molar-refractivity contribution in [2.75, 3.05) is 7.05 Å². The number of phenolic OH excluding ortho intramolecular Hbond substituents is 1. The summed E-state index contributed by atoms with van der Waals surface area (Å²) in [5, 5.41) is 10.0. The number of carbonyl (C=O) groups is 1. The lowest BCUT2D eigenvalue weighted by molar-refractivity contribution is 0.0343. The number of benzene rings is 1. The number of carbonyl (C=O) groups excluding carboxylic acids is 1. The lowest BCUT2D eigenvalue weighted by Crippen LogP contribution is -2.18. The van der Waals surface area contributed by atoms with Crippen molar-refractivity contribution in [2.24, 2.45) is 0 Å². The summed E-state index contributed by atoms with van der Waals surface area (Å²) in [6.45, 7) is 8.01. The first-order chi connectivity index (χ1) is 10.5. The van der Waals surface area contributed by atoms with Gasteiger partial charge >= 0.3 is 5.97 Å². The van der Waals surface area contributed by atoms with E-state index in [9.17, 15) is 9.90 Å². The zero-order valence-corrected chi connectivity index (χ0v) is 13.6. The number of aromatic hydroxyl groups is 1. The molecule has 0 aliphatic carbocycles. The lowest BCUT2D eigenvalue weighted by atomic mass is 10.1. The van der Waals surface area contributed by atoms with Crippen LogP contribution in [0.4, 0.5) is 0 Å². The minimum atomic E-state index is -0.504. The standard InChI is InChI=1S/C18H25NO3/c1-5-7-12-19(4)13-15-10-8-11-16(20)17(15)18(21)22-14(3)9-6-2/h6-8,10-12,14,20H,2,5,9,13H2,1,3-4H3/b12-7+. The summed E-state index contributed by atoms with van der Waals surface area (Å²) >= 11 is 0. The number of nitrogens with zero attached hydrogens (tertiary/aromatic N) is 1. The van der Waals surface area contributed by atoms with E-state index in [1.165, 1.54) is 6.07 Å². The Balaban J connectivity index is 2.95. The van der Waals surface area contributed by atoms with Crippen LogP contribution in [0.15, 0.2) is 43.1 Å². The van der Waals surface area contributed by atoms with Crippen molar-refractivity contribution in [3.8, 4) is 5.75 Å². The van der Waals surface area contributed by atoms with Crippen molar-refractivity contribution in [1.29, 1.82) is 0 Å². The minimum Gasteiger partial charge on any atom is -0.507 e. The summed E-state index contributed by atoms with van der Waals surface area (Å²) in [6.07, 6.45) is 6.95. The van der Waals surface area contributed by atoms with Crippen LogP contribution in [0.2, 0.25) is 0 Å². The number of phenols is 1. The van der Waals surface area contributed by atoms with E-state index >= 15 is 0 Å². The van der Waals surface area contributed by atoms with E-state index in [-0.39, 0.29) is 17.4 Å². The third kappa shape index (κ3) is 5.28. The average Bonchev–Trinajstić information content (AvgIpc) is 2.45. The average molecular weight is 303 g/mol. The first-order valence-electron chi connectivity index (χ1n) is 7.49. The molecule has 1 aromatic carbocycles. The van der Waals surface area contributed by atoms with Gasteiger partial charge in [-0.2, -0.15) is 0 Å². The highest BCUT2D eigenvalue weighted by Gasteiger charge is 2.19. The molecule has 4 heteroatoms. The van der Waals surface area contributed by atoms with Crippen LogP contribution in [0.5, 0.6) is 5.75 Å². The second-order valence-corrected chi connectivity index (χ2v) is 5.26. The van der Waals surface area contributed by atoms with Crippen LogP contribution in [0, 0.1) is 0 Å². The number of rotatable bonds is 8. The second-order valence-electron chi connectivity index (χ2n) is 5.26. The van der Waals surface area contributed by atoms with Gasteiger partial charge < -0.3 is 14.7 Å². The number of esters is 1. The minimum absolute atomic E-state index is 0.0545. The van der Waals surface area contributed by atoms with Crippen molar-refractivity contribution in [3.05, 3.63) is 54.3 Å². The molecule has 0 aromatic heterocycles.